The third-order valence-corrected chi connectivity index (χ3v) is 5.95. The number of likely N-dealkylation sites (tertiary alicyclic amines) is 1. The molecular formula is C22H30N6O. The number of carbonyl (C=O) groups excluding carboxylic acids is 1. The molecule has 2 aromatic heterocycles. The van der Waals surface area contributed by atoms with Crippen molar-refractivity contribution in [3.63, 3.8) is 0 Å². The Kier molecular flexibility index (Phi) is 5.76. The van der Waals surface area contributed by atoms with Crippen molar-refractivity contribution in [2.75, 3.05) is 38.6 Å². The van der Waals surface area contributed by atoms with Gasteiger partial charge in [-0.2, -0.15) is 0 Å². The van der Waals surface area contributed by atoms with Crippen molar-refractivity contribution in [3.05, 3.63) is 47.2 Å². The van der Waals surface area contributed by atoms with E-state index in [1.165, 1.54) is 16.8 Å². The molecule has 0 aliphatic carbocycles. The number of hydrogen-bond donors (Lipinski definition) is 0. The zero-order chi connectivity index (χ0) is 20.4. The molecule has 154 valence electrons. The van der Waals surface area contributed by atoms with E-state index in [4.69, 9.17) is 9.97 Å². The lowest BCUT2D eigenvalue weighted by Crippen LogP contribution is -2.38. The summed E-state index contributed by atoms with van der Waals surface area (Å²) in [7, 11) is 4.07. The highest BCUT2D eigenvalue weighted by Gasteiger charge is 2.27. The van der Waals surface area contributed by atoms with Gasteiger partial charge in [0.1, 0.15) is 11.6 Å². The van der Waals surface area contributed by atoms with Crippen molar-refractivity contribution < 1.29 is 4.79 Å². The van der Waals surface area contributed by atoms with Gasteiger partial charge in [0.2, 0.25) is 5.91 Å². The Bertz CT molecular complexity index is 883. The van der Waals surface area contributed by atoms with Gasteiger partial charge in [0, 0.05) is 95.3 Å². The minimum atomic E-state index is 0.149. The number of aromatic nitrogens is 3. The third-order valence-electron chi connectivity index (χ3n) is 5.95. The van der Waals surface area contributed by atoms with Crippen LogP contribution in [0.15, 0.2) is 24.5 Å². The van der Waals surface area contributed by atoms with Crippen LogP contribution in [0.1, 0.15) is 48.3 Å². The Morgan fingerprint density at radius 2 is 2.14 bits per heavy atom. The fourth-order valence-electron chi connectivity index (χ4n) is 4.39. The van der Waals surface area contributed by atoms with Gasteiger partial charge in [-0.15, -0.1) is 0 Å². The third kappa shape index (κ3) is 4.40. The van der Waals surface area contributed by atoms with Crippen LogP contribution in [0.5, 0.6) is 0 Å². The first-order valence-corrected chi connectivity index (χ1v) is 10.4. The van der Waals surface area contributed by atoms with Crippen LogP contribution >= 0.6 is 0 Å². The highest BCUT2D eigenvalue weighted by atomic mass is 16.2. The molecular weight excluding hydrogens is 364 g/mol. The van der Waals surface area contributed by atoms with Crippen LogP contribution < -0.4 is 4.90 Å². The molecule has 7 heteroatoms. The summed E-state index contributed by atoms with van der Waals surface area (Å²) in [6, 6.07) is 4.16. The average Bonchev–Trinajstić information content (AvgIpc) is 2.73. The second-order valence-electron chi connectivity index (χ2n) is 8.35. The summed E-state index contributed by atoms with van der Waals surface area (Å²) >= 11 is 0. The second-order valence-corrected chi connectivity index (χ2v) is 8.35. The minimum Gasteiger partial charge on any atom is -0.362 e. The smallest absolute Gasteiger partial charge is 0.219 e. The number of piperidine rings is 1. The van der Waals surface area contributed by atoms with E-state index in [0.29, 0.717) is 0 Å². The van der Waals surface area contributed by atoms with Crippen LogP contribution in [-0.4, -0.2) is 64.4 Å². The lowest BCUT2D eigenvalue weighted by molar-refractivity contribution is -0.130. The fraction of sp³-hybridized carbons (Fsp3) is 0.545. The molecule has 0 N–H and O–H groups in total. The van der Waals surface area contributed by atoms with Crippen LogP contribution in [0.2, 0.25) is 0 Å². The van der Waals surface area contributed by atoms with Crippen molar-refractivity contribution in [3.8, 4) is 0 Å². The highest BCUT2D eigenvalue weighted by molar-refractivity contribution is 5.73. The summed E-state index contributed by atoms with van der Waals surface area (Å²) in [5, 5.41) is 0. The van der Waals surface area contributed by atoms with Gasteiger partial charge in [-0.1, -0.05) is 6.07 Å². The number of amides is 1. The van der Waals surface area contributed by atoms with Crippen molar-refractivity contribution in [2.24, 2.45) is 0 Å². The van der Waals surface area contributed by atoms with Gasteiger partial charge in [0.05, 0.1) is 0 Å². The number of nitrogens with zero attached hydrogens (tertiary/aromatic N) is 6. The van der Waals surface area contributed by atoms with E-state index in [1.54, 1.807) is 6.92 Å². The van der Waals surface area contributed by atoms with E-state index in [9.17, 15) is 4.79 Å². The summed E-state index contributed by atoms with van der Waals surface area (Å²) in [5.41, 5.74) is 3.63. The quantitative estimate of drug-likeness (QED) is 0.792. The first-order valence-electron chi connectivity index (χ1n) is 10.4. The number of carbonyl (C=O) groups is 1. The number of hydrogen-bond acceptors (Lipinski definition) is 6. The molecule has 2 aromatic rings. The van der Waals surface area contributed by atoms with E-state index in [0.717, 1.165) is 63.6 Å². The maximum absolute atomic E-state index is 11.7. The van der Waals surface area contributed by atoms with E-state index >= 15 is 0 Å². The van der Waals surface area contributed by atoms with E-state index in [1.807, 2.05) is 37.5 Å². The zero-order valence-electron chi connectivity index (χ0n) is 17.6. The summed E-state index contributed by atoms with van der Waals surface area (Å²) in [5.74, 6) is 2.34. The molecule has 29 heavy (non-hydrogen) atoms. The Morgan fingerprint density at radius 1 is 1.28 bits per heavy atom. The maximum atomic E-state index is 11.7. The van der Waals surface area contributed by atoms with E-state index < -0.39 is 0 Å². The molecule has 7 nitrogen and oxygen atoms in total. The fourth-order valence-corrected chi connectivity index (χ4v) is 4.39. The molecule has 0 spiro atoms. The number of fused-ring (bicyclic) bond motifs is 1. The molecule has 0 radical (unpaired) electrons. The number of pyridine rings is 1. The molecule has 1 fully saturated rings. The zero-order valence-corrected chi connectivity index (χ0v) is 17.6. The molecule has 1 saturated heterocycles. The van der Waals surface area contributed by atoms with Crippen molar-refractivity contribution in [2.45, 2.75) is 45.2 Å². The average molecular weight is 395 g/mol. The Hall–Kier alpha value is -2.54. The van der Waals surface area contributed by atoms with Crippen LogP contribution in [-0.2, 0) is 24.3 Å². The first kappa shape index (κ1) is 19.8. The molecule has 0 bridgehead atoms. The molecule has 1 atom stereocenters. The number of rotatable bonds is 4. The molecule has 4 heterocycles. The van der Waals surface area contributed by atoms with E-state index in [2.05, 4.69) is 20.9 Å². The van der Waals surface area contributed by atoms with Crippen LogP contribution in [0.3, 0.4) is 0 Å². The standard InChI is InChI=1S/C22H30N6O/c1-16(29)28-10-5-7-17(15-28)21-24-12-19-14-27(11-8-20(19)25-21)13-18-6-4-9-23-22(18)26(2)3/h4,6,9,12,17H,5,7-8,10-11,13-15H2,1-3H3/t17-/m1/s1. The van der Waals surface area contributed by atoms with Crippen LogP contribution in [0, 0.1) is 0 Å². The highest BCUT2D eigenvalue weighted by Crippen LogP contribution is 2.27. The van der Waals surface area contributed by atoms with Gasteiger partial charge in [-0.25, -0.2) is 15.0 Å². The molecule has 0 aromatic carbocycles. The van der Waals surface area contributed by atoms with Crippen molar-refractivity contribution in [1.82, 2.24) is 24.8 Å². The Balaban J connectivity index is 1.45. The van der Waals surface area contributed by atoms with Crippen molar-refractivity contribution in [1.29, 1.82) is 0 Å². The number of anilines is 1. The Labute approximate surface area is 172 Å². The molecule has 4 rings (SSSR count). The van der Waals surface area contributed by atoms with E-state index in [-0.39, 0.29) is 11.8 Å². The maximum Gasteiger partial charge on any atom is 0.219 e. The lowest BCUT2D eigenvalue weighted by atomic mass is 9.96. The van der Waals surface area contributed by atoms with Gasteiger partial charge in [-0.3, -0.25) is 9.69 Å². The van der Waals surface area contributed by atoms with Crippen molar-refractivity contribution >= 4 is 11.7 Å². The van der Waals surface area contributed by atoms with Gasteiger partial charge in [0.25, 0.3) is 0 Å². The summed E-state index contributed by atoms with van der Waals surface area (Å²) < 4.78 is 0. The van der Waals surface area contributed by atoms with Gasteiger partial charge >= 0.3 is 0 Å². The normalized spacial score (nSPS) is 19.7. The predicted octanol–water partition coefficient (Wildman–Crippen LogP) is 2.22. The second kappa shape index (κ2) is 8.45. The molecule has 2 aliphatic heterocycles. The van der Waals surface area contributed by atoms with Gasteiger partial charge in [-0.05, 0) is 18.9 Å². The molecule has 0 unspecified atom stereocenters. The lowest BCUT2D eigenvalue weighted by Gasteiger charge is -2.32. The minimum absolute atomic E-state index is 0.149. The molecule has 0 saturated carbocycles. The van der Waals surface area contributed by atoms with Gasteiger partial charge < -0.3 is 9.80 Å². The molecule has 2 aliphatic rings. The molecule has 1 amide bonds. The summed E-state index contributed by atoms with van der Waals surface area (Å²) in [4.78, 5) is 32.3. The monoisotopic (exact) mass is 394 g/mol. The SMILES string of the molecule is CC(=O)N1CCC[C@@H](c2ncc3c(n2)CCN(Cc2cccnc2N(C)C)C3)C1. The predicted molar refractivity (Wildman–Crippen MR) is 113 cm³/mol. The first-order chi connectivity index (χ1) is 14.0. The topological polar surface area (TPSA) is 65.5 Å². The summed E-state index contributed by atoms with van der Waals surface area (Å²) in [6.45, 7) is 5.97. The van der Waals surface area contributed by atoms with Crippen LogP contribution in [0.25, 0.3) is 0 Å². The van der Waals surface area contributed by atoms with Gasteiger partial charge in [0.15, 0.2) is 0 Å². The largest absolute Gasteiger partial charge is 0.362 e. The van der Waals surface area contributed by atoms with Crippen LogP contribution in [0.4, 0.5) is 5.82 Å². The Morgan fingerprint density at radius 3 is 2.93 bits per heavy atom. The summed E-state index contributed by atoms with van der Waals surface area (Å²) in [6.07, 6.45) is 6.87.